The average molecular weight is 489 g/mol. The number of carbonyl (C=O) groups excluding carboxylic acids is 1. The lowest BCUT2D eigenvalue weighted by Gasteiger charge is -2.34. The van der Waals surface area contributed by atoms with Crippen LogP contribution in [0.5, 0.6) is 5.75 Å². The van der Waals surface area contributed by atoms with E-state index in [1.54, 1.807) is 7.11 Å². The second kappa shape index (κ2) is 11.2. The summed E-state index contributed by atoms with van der Waals surface area (Å²) in [7, 11) is 1.65. The van der Waals surface area contributed by atoms with Crippen molar-refractivity contribution in [3.05, 3.63) is 65.5 Å². The Morgan fingerprint density at radius 1 is 1.12 bits per heavy atom. The molecule has 0 aliphatic carbocycles. The molecule has 3 aromatic rings. The summed E-state index contributed by atoms with van der Waals surface area (Å²) < 4.78 is 36.0. The van der Waals surface area contributed by atoms with Crippen molar-refractivity contribution in [3.63, 3.8) is 0 Å². The van der Waals surface area contributed by atoms with E-state index in [0.717, 1.165) is 60.6 Å². The third-order valence-corrected chi connectivity index (χ3v) is 6.30. The molecule has 2 heterocycles. The van der Waals surface area contributed by atoms with Gasteiger partial charge < -0.3 is 20.3 Å². The number of halogens is 2. The van der Waals surface area contributed by atoms with E-state index in [4.69, 9.17) is 9.72 Å². The fourth-order valence-electron chi connectivity index (χ4n) is 3.65. The van der Waals surface area contributed by atoms with Crippen LogP contribution in [0.15, 0.2) is 42.5 Å². The third kappa shape index (κ3) is 6.39. The molecule has 2 N–H and O–H groups in total. The zero-order chi connectivity index (χ0) is 23.9. The molecule has 0 spiro atoms. The molecule has 1 fully saturated rings. The zero-order valence-electron chi connectivity index (χ0n) is 18.8. The van der Waals surface area contributed by atoms with E-state index in [1.807, 2.05) is 24.3 Å². The molecule has 4 rings (SSSR count). The van der Waals surface area contributed by atoms with E-state index in [9.17, 15) is 13.6 Å². The lowest BCUT2D eigenvalue weighted by atomic mass is 10.1. The molecule has 1 saturated heterocycles. The van der Waals surface area contributed by atoms with Gasteiger partial charge in [0.15, 0.2) is 11.6 Å². The van der Waals surface area contributed by atoms with Crippen molar-refractivity contribution in [2.45, 2.75) is 6.42 Å². The van der Waals surface area contributed by atoms with Crippen molar-refractivity contribution in [1.29, 1.82) is 0 Å². The Morgan fingerprint density at radius 2 is 1.94 bits per heavy atom. The number of hydrogen-bond acceptors (Lipinski definition) is 7. The lowest BCUT2D eigenvalue weighted by molar-refractivity contribution is 0.240. The molecular formula is C23H26F2N6O2S. The highest BCUT2D eigenvalue weighted by Crippen LogP contribution is 2.21. The van der Waals surface area contributed by atoms with E-state index in [2.05, 4.69) is 24.8 Å². The predicted molar refractivity (Wildman–Crippen MR) is 128 cm³/mol. The van der Waals surface area contributed by atoms with Gasteiger partial charge in [-0.05, 0) is 29.8 Å². The van der Waals surface area contributed by atoms with Gasteiger partial charge in [0, 0.05) is 69.0 Å². The molecule has 0 bridgehead atoms. The number of anilines is 2. The fraction of sp³-hybridized carbons (Fsp3) is 0.348. The number of nitrogens with zero attached hydrogens (tertiary/aromatic N) is 4. The Bertz CT molecular complexity index is 1120. The van der Waals surface area contributed by atoms with Crippen LogP contribution in [0.4, 0.5) is 24.4 Å². The first-order chi connectivity index (χ1) is 16.5. The first kappa shape index (κ1) is 23.8. The Labute approximate surface area is 200 Å². The first-order valence-electron chi connectivity index (χ1n) is 10.9. The maximum atomic E-state index is 13.2. The Kier molecular flexibility index (Phi) is 7.86. The normalized spacial score (nSPS) is 14.1. The molecule has 2 aromatic carbocycles. The summed E-state index contributed by atoms with van der Waals surface area (Å²) >= 11 is 1.41. The van der Waals surface area contributed by atoms with E-state index < -0.39 is 17.7 Å². The van der Waals surface area contributed by atoms with Gasteiger partial charge in [-0.3, -0.25) is 4.90 Å². The summed E-state index contributed by atoms with van der Waals surface area (Å²) in [6, 6.07) is 10.7. The van der Waals surface area contributed by atoms with Gasteiger partial charge in [-0.1, -0.05) is 12.1 Å². The van der Waals surface area contributed by atoms with Crippen LogP contribution in [0, 0.1) is 11.6 Å². The van der Waals surface area contributed by atoms with Crippen LogP contribution >= 0.6 is 11.5 Å². The molecule has 0 saturated carbocycles. The molecule has 34 heavy (non-hydrogen) atoms. The number of piperazine rings is 1. The number of aromatic nitrogens is 2. The first-order valence-corrected chi connectivity index (χ1v) is 11.7. The van der Waals surface area contributed by atoms with E-state index >= 15 is 0 Å². The molecule has 0 unspecified atom stereocenters. The van der Waals surface area contributed by atoms with Gasteiger partial charge in [-0.25, -0.2) is 18.6 Å². The monoisotopic (exact) mass is 488 g/mol. The van der Waals surface area contributed by atoms with Crippen LogP contribution in [0.3, 0.4) is 0 Å². The summed E-state index contributed by atoms with van der Waals surface area (Å²) in [5, 5.41) is 6.16. The summed E-state index contributed by atoms with van der Waals surface area (Å²) in [4.78, 5) is 21.2. The number of nitrogens with one attached hydrogen (secondary N) is 2. The number of methoxy groups -OCH3 is 1. The molecule has 0 radical (unpaired) electrons. The van der Waals surface area contributed by atoms with Crippen molar-refractivity contribution in [2.75, 3.05) is 56.6 Å². The number of carbonyl (C=O) groups is 1. The number of rotatable bonds is 8. The second-order valence-electron chi connectivity index (χ2n) is 7.86. The SMILES string of the molecule is COc1cccc(Cc2nsc(N3CCN(CCNC(=O)Nc4ccc(F)c(F)c4)CC3)n2)c1. The van der Waals surface area contributed by atoms with Crippen molar-refractivity contribution >= 4 is 28.4 Å². The highest BCUT2D eigenvalue weighted by Gasteiger charge is 2.20. The molecule has 0 atom stereocenters. The van der Waals surface area contributed by atoms with Crippen LogP contribution in [-0.2, 0) is 6.42 Å². The summed E-state index contributed by atoms with van der Waals surface area (Å²) in [6.45, 7) is 4.48. The molecule has 8 nitrogen and oxygen atoms in total. The van der Waals surface area contributed by atoms with E-state index in [0.29, 0.717) is 19.5 Å². The minimum absolute atomic E-state index is 0.202. The van der Waals surface area contributed by atoms with Gasteiger partial charge in [0.1, 0.15) is 11.6 Å². The third-order valence-electron chi connectivity index (χ3n) is 5.49. The van der Waals surface area contributed by atoms with E-state index in [1.165, 1.54) is 17.6 Å². The average Bonchev–Trinajstić information content (AvgIpc) is 3.30. The second-order valence-corrected chi connectivity index (χ2v) is 8.59. The van der Waals surface area contributed by atoms with Gasteiger partial charge in [-0.15, -0.1) is 0 Å². The Balaban J connectivity index is 1.18. The number of hydrogen-bond donors (Lipinski definition) is 2. The number of urea groups is 1. The van der Waals surface area contributed by atoms with Crippen LogP contribution < -0.4 is 20.3 Å². The van der Waals surface area contributed by atoms with Gasteiger partial charge in [0.25, 0.3) is 0 Å². The van der Waals surface area contributed by atoms with Gasteiger partial charge in [-0.2, -0.15) is 4.37 Å². The van der Waals surface area contributed by atoms with Crippen LogP contribution in [0.1, 0.15) is 11.4 Å². The van der Waals surface area contributed by atoms with Gasteiger partial charge >= 0.3 is 6.03 Å². The number of amides is 2. The molecule has 1 aromatic heterocycles. The van der Waals surface area contributed by atoms with Crippen molar-refractivity contribution in [3.8, 4) is 5.75 Å². The molecule has 180 valence electrons. The zero-order valence-corrected chi connectivity index (χ0v) is 19.6. The largest absolute Gasteiger partial charge is 0.497 e. The lowest BCUT2D eigenvalue weighted by Crippen LogP contribution is -2.48. The predicted octanol–water partition coefficient (Wildman–Crippen LogP) is 3.36. The summed E-state index contributed by atoms with van der Waals surface area (Å²) in [5.74, 6) is -0.336. The molecule has 2 amide bonds. The summed E-state index contributed by atoms with van der Waals surface area (Å²) in [6.07, 6.45) is 0.659. The minimum Gasteiger partial charge on any atom is -0.497 e. The Morgan fingerprint density at radius 3 is 2.71 bits per heavy atom. The summed E-state index contributed by atoms with van der Waals surface area (Å²) in [5.41, 5.74) is 1.31. The molecule has 11 heteroatoms. The van der Waals surface area contributed by atoms with Crippen molar-refractivity contribution < 1.29 is 18.3 Å². The van der Waals surface area contributed by atoms with Crippen LogP contribution in [-0.4, -0.2) is 66.7 Å². The maximum absolute atomic E-state index is 13.2. The number of benzene rings is 2. The van der Waals surface area contributed by atoms with Crippen LogP contribution in [0.25, 0.3) is 0 Å². The van der Waals surface area contributed by atoms with Crippen molar-refractivity contribution in [2.24, 2.45) is 0 Å². The molecule has 1 aliphatic heterocycles. The highest BCUT2D eigenvalue weighted by molar-refractivity contribution is 7.09. The topological polar surface area (TPSA) is 82.6 Å². The standard InChI is InChI=1S/C23H26F2N6O2S/c1-33-18-4-2-3-16(13-18)14-21-28-23(34-29-21)31-11-9-30(10-12-31)8-7-26-22(32)27-17-5-6-19(24)20(25)15-17/h2-6,13,15H,7-12,14H2,1H3,(H2,26,27,32). The van der Waals surface area contributed by atoms with Gasteiger partial charge in [0.05, 0.1) is 7.11 Å². The quantitative estimate of drug-likeness (QED) is 0.506. The fourth-order valence-corrected chi connectivity index (χ4v) is 4.39. The highest BCUT2D eigenvalue weighted by atomic mass is 32.1. The molecular weight excluding hydrogens is 462 g/mol. The van der Waals surface area contributed by atoms with Crippen LogP contribution in [0.2, 0.25) is 0 Å². The molecule has 1 aliphatic rings. The van der Waals surface area contributed by atoms with Gasteiger partial charge in [0.2, 0.25) is 5.13 Å². The minimum atomic E-state index is -1.00. The van der Waals surface area contributed by atoms with Crippen molar-refractivity contribution in [1.82, 2.24) is 19.6 Å². The smallest absolute Gasteiger partial charge is 0.319 e. The Hall–Kier alpha value is -3.31. The van der Waals surface area contributed by atoms with E-state index in [-0.39, 0.29) is 5.69 Å². The number of ether oxygens (including phenoxy) is 1. The maximum Gasteiger partial charge on any atom is 0.319 e.